The zero-order valence-electron chi connectivity index (χ0n) is 17.7. The monoisotopic (exact) mass is 442 g/mol. The van der Waals surface area contributed by atoms with Crippen molar-refractivity contribution in [2.45, 2.75) is 0 Å². The molecule has 0 spiro atoms. The molecule has 0 aliphatic heterocycles. The third kappa shape index (κ3) is 3.45. The van der Waals surface area contributed by atoms with Gasteiger partial charge < -0.3 is 0 Å². The Labute approximate surface area is 197 Å². The lowest BCUT2D eigenvalue weighted by Crippen LogP contribution is -1.96. The lowest BCUT2D eigenvalue weighted by atomic mass is 9.92. The van der Waals surface area contributed by atoms with E-state index < -0.39 is 0 Å². The van der Waals surface area contributed by atoms with Gasteiger partial charge in [-0.25, -0.2) is 9.97 Å². The molecule has 156 valence electrons. The zero-order chi connectivity index (χ0) is 22.2. The molecule has 0 aliphatic carbocycles. The first-order valence-corrected chi connectivity index (χ1v) is 11.3. The van der Waals surface area contributed by atoms with Crippen LogP contribution in [0.1, 0.15) is 0 Å². The van der Waals surface area contributed by atoms with Crippen LogP contribution in [0.3, 0.4) is 0 Å². The minimum absolute atomic E-state index is 0.453. The first-order valence-electron chi connectivity index (χ1n) is 10.9. The summed E-state index contributed by atoms with van der Waals surface area (Å²) < 4.78 is 0. The fourth-order valence-corrected chi connectivity index (χ4v) is 4.76. The van der Waals surface area contributed by atoms with Crippen LogP contribution < -0.4 is 0 Å². The van der Waals surface area contributed by atoms with E-state index in [1.807, 2.05) is 48.5 Å². The van der Waals surface area contributed by atoms with Crippen LogP contribution in [0.5, 0.6) is 0 Å². The summed E-state index contributed by atoms with van der Waals surface area (Å²) in [4.78, 5) is 9.81. The molecule has 2 heterocycles. The minimum Gasteiger partial charge on any atom is -0.248 e. The van der Waals surface area contributed by atoms with Crippen molar-refractivity contribution in [3.05, 3.63) is 120 Å². The second-order valence-corrected chi connectivity index (χ2v) is 8.33. The average Bonchev–Trinajstić information content (AvgIpc) is 2.88. The normalized spacial score (nSPS) is 11.2. The lowest BCUT2D eigenvalue weighted by Gasteiger charge is -2.17. The fourth-order valence-electron chi connectivity index (χ4n) is 4.48. The van der Waals surface area contributed by atoms with Gasteiger partial charge in [-0.05, 0) is 34.9 Å². The molecule has 2 aromatic heterocycles. The predicted octanol–water partition coefficient (Wildman–Crippen LogP) is 8.44. The number of hydrogen-bond acceptors (Lipinski definition) is 2. The SMILES string of the molecule is Clc1nc2ccccc2c(-c2ccccc2)c1-c1cc(-c2ccccc2)c2ccccc2n1. The summed E-state index contributed by atoms with van der Waals surface area (Å²) in [5.74, 6) is 0. The quantitative estimate of drug-likeness (QED) is 0.257. The van der Waals surface area contributed by atoms with E-state index in [9.17, 15) is 0 Å². The second kappa shape index (κ2) is 8.16. The first-order chi connectivity index (χ1) is 16.3. The van der Waals surface area contributed by atoms with Crippen molar-refractivity contribution in [3.63, 3.8) is 0 Å². The summed E-state index contributed by atoms with van der Waals surface area (Å²) >= 11 is 6.89. The molecule has 0 unspecified atom stereocenters. The molecule has 0 atom stereocenters. The van der Waals surface area contributed by atoms with Crippen molar-refractivity contribution in [1.29, 1.82) is 0 Å². The standard InChI is InChI=1S/C30H19ClN2/c31-30-29(28(21-13-5-2-6-14-21)23-16-8-10-18-26(23)33-30)27-19-24(20-11-3-1-4-12-20)22-15-7-9-17-25(22)32-27/h1-19H. The Balaban J connectivity index is 1.73. The van der Waals surface area contributed by atoms with Gasteiger partial charge in [0.15, 0.2) is 0 Å². The van der Waals surface area contributed by atoms with Crippen LogP contribution >= 0.6 is 11.6 Å². The van der Waals surface area contributed by atoms with Crippen molar-refractivity contribution < 1.29 is 0 Å². The maximum Gasteiger partial charge on any atom is 0.139 e. The highest BCUT2D eigenvalue weighted by Crippen LogP contribution is 2.42. The summed E-state index contributed by atoms with van der Waals surface area (Å²) in [6.07, 6.45) is 0. The van der Waals surface area contributed by atoms with Crippen molar-refractivity contribution in [1.82, 2.24) is 9.97 Å². The van der Waals surface area contributed by atoms with Gasteiger partial charge in [0.1, 0.15) is 5.15 Å². The van der Waals surface area contributed by atoms with Crippen molar-refractivity contribution in [2.75, 3.05) is 0 Å². The summed E-state index contributed by atoms with van der Waals surface area (Å²) in [5, 5.41) is 2.62. The Morgan fingerprint density at radius 1 is 0.485 bits per heavy atom. The van der Waals surface area contributed by atoms with Gasteiger partial charge in [-0.3, -0.25) is 0 Å². The number of fused-ring (bicyclic) bond motifs is 2. The molecule has 0 fully saturated rings. The second-order valence-electron chi connectivity index (χ2n) is 7.97. The van der Waals surface area contributed by atoms with Crippen molar-refractivity contribution in [3.8, 4) is 33.5 Å². The number of hydrogen-bond donors (Lipinski definition) is 0. The third-order valence-corrected chi connectivity index (χ3v) is 6.24. The summed E-state index contributed by atoms with van der Waals surface area (Å²) in [7, 11) is 0. The van der Waals surface area contributed by atoms with Crippen molar-refractivity contribution >= 4 is 33.4 Å². The first kappa shape index (κ1) is 19.7. The van der Waals surface area contributed by atoms with Crippen LogP contribution in [0.25, 0.3) is 55.3 Å². The molecular formula is C30H19ClN2. The molecule has 0 N–H and O–H groups in total. The highest BCUT2D eigenvalue weighted by molar-refractivity contribution is 6.34. The zero-order valence-corrected chi connectivity index (χ0v) is 18.5. The van der Waals surface area contributed by atoms with E-state index in [0.29, 0.717) is 5.15 Å². The number of aromatic nitrogens is 2. The molecule has 0 bridgehead atoms. The van der Waals surface area contributed by atoms with Crippen LogP contribution in [0.15, 0.2) is 115 Å². The smallest absolute Gasteiger partial charge is 0.139 e. The van der Waals surface area contributed by atoms with Crippen LogP contribution in [-0.2, 0) is 0 Å². The summed E-state index contributed by atoms with van der Waals surface area (Å²) in [5.41, 5.74) is 7.87. The van der Waals surface area contributed by atoms with E-state index in [1.165, 1.54) is 0 Å². The molecule has 0 saturated carbocycles. The number of pyridine rings is 2. The largest absolute Gasteiger partial charge is 0.248 e. The van der Waals surface area contributed by atoms with Crippen LogP contribution in [0.4, 0.5) is 0 Å². The number of para-hydroxylation sites is 2. The molecule has 6 rings (SSSR count). The van der Waals surface area contributed by atoms with E-state index in [4.69, 9.17) is 21.6 Å². The maximum atomic E-state index is 6.89. The van der Waals surface area contributed by atoms with Gasteiger partial charge in [-0.1, -0.05) is 109 Å². The summed E-state index contributed by atoms with van der Waals surface area (Å²) in [6, 6.07) is 39.3. The highest BCUT2D eigenvalue weighted by Gasteiger charge is 2.20. The lowest BCUT2D eigenvalue weighted by molar-refractivity contribution is 1.35. The number of nitrogens with zero attached hydrogens (tertiary/aromatic N) is 2. The van der Waals surface area contributed by atoms with E-state index in [-0.39, 0.29) is 0 Å². The number of rotatable bonds is 3. The molecule has 33 heavy (non-hydrogen) atoms. The predicted molar refractivity (Wildman–Crippen MR) is 138 cm³/mol. The molecule has 2 nitrogen and oxygen atoms in total. The molecule has 0 radical (unpaired) electrons. The molecule has 3 heteroatoms. The Bertz CT molecular complexity index is 1610. The van der Waals surface area contributed by atoms with Crippen molar-refractivity contribution in [2.24, 2.45) is 0 Å². The summed E-state index contributed by atoms with van der Waals surface area (Å²) in [6.45, 7) is 0. The van der Waals surface area contributed by atoms with E-state index >= 15 is 0 Å². The van der Waals surface area contributed by atoms with E-state index in [2.05, 4.69) is 66.7 Å². The Kier molecular flexibility index (Phi) is 4.86. The Morgan fingerprint density at radius 3 is 1.73 bits per heavy atom. The topological polar surface area (TPSA) is 25.8 Å². The van der Waals surface area contributed by atoms with E-state index in [0.717, 1.165) is 55.3 Å². The molecule has 0 aliphatic rings. The van der Waals surface area contributed by atoms with Gasteiger partial charge in [0.25, 0.3) is 0 Å². The van der Waals surface area contributed by atoms with Gasteiger partial charge in [-0.2, -0.15) is 0 Å². The fraction of sp³-hybridized carbons (Fsp3) is 0. The average molecular weight is 443 g/mol. The minimum atomic E-state index is 0.453. The van der Waals surface area contributed by atoms with Gasteiger partial charge in [0.2, 0.25) is 0 Å². The number of benzene rings is 4. The molecule has 6 aromatic rings. The Morgan fingerprint density at radius 2 is 1.03 bits per heavy atom. The molecule has 4 aromatic carbocycles. The maximum absolute atomic E-state index is 6.89. The Hall–Kier alpha value is -4.01. The highest BCUT2D eigenvalue weighted by atomic mass is 35.5. The third-order valence-electron chi connectivity index (χ3n) is 5.97. The molecular weight excluding hydrogens is 424 g/mol. The molecule has 0 saturated heterocycles. The van der Waals surface area contributed by atoms with Gasteiger partial charge in [0.05, 0.1) is 16.7 Å². The molecule has 0 amide bonds. The van der Waals surface area contributed by atoms with Gasteiger partial charge in [-0.15, -0.1) is 0 Å². The number of halogens is 1. The van der Waals surface area contributed by atoms with Crippen LogP contribution in [0, 0.1) is 0 Å². The van der Waals surface area contributed by atoms with Crippen LogP contribution in [0.2, 0.25) is 5.15 Å². The van der Waals surface area contributed by atoms with Gasteiger partial charge in [0, 0.05) is 21.9 Å². The van der Waals surface area contributed by atoms with E-state index in [1.54, 1.807) is 0 Å². The van der Waals surface area contributed by atoms with Crippen LogP contribution in [-0.4, -0.2) is 9.97 Å². The van der Waals surface area contributed by atoms with Gasteiger partial charge >= 0.3 is 0 Å².